The predicted molar refractivity (Wildman–Crippen MR) is 91.5 cm³/mol. The molecule has 1 saturated heterocycles. The van der Waals surface area contributed by atoms with Crippen LogP contribution in [0.5, 0.6) is 5.75 Å². The number of nitrogens with zero attached hydrogens (tertiary/aromatic N) is 2. The van der Waals surface area contributed by atoms with Gasteiger partial charge in [-0.1, -0.05) is 19.1 Å². The number of rotatable bonds is 7. The molecule has 1 aromatic carbocycles. The number of halogens is 2. The van der Waals surface area contributed by atoms with E-state index in [1.54, 1.807) is 19.2 Å². The van der Waals surface area contributed by atoms with Crippen LogP contribution in [-0.2, 0) is 6.54 Å². The van der Waals surface area contributed by atoms with Crippen LogP contribution in [0.15, 0.2) is 29.3 Å². The number of hydrogen-bond acceptors (Lipinski definition) is 3. The Kier molecular flexibility index (Phi) is 7.24. The number of benzene rings is 1. The Hall–Kier alpha value is -1.89. The second-order valence-electron chi connectivity index (χ2n) is 5.76. The highest BCUT2D eigenvalue weighted by molar-refractivity contribution is 5.79. The summed E-state index contributed by atoms with van der Waals surface area (Å²) in [6.45, 7) is 2.93. The number of nitrogens with one attached hydrogen (secondary N) is 2. The van der Waals surface area contributed by atoms with Crippen molar-refractivity contribution in [1.29, 1.82) is 0 Å². The van der Waals surface area contributed by atoms with E-state index in [0.717, 1.165) is 25.2 Å². The van der Waals surface area contributed by atoms with Gasteiger partial charge in [0.25, 0.3) is 0 Å². The normalized spacial score (nSPS) is 18.9. The third-order valence-electron chi connectivity index (χ3n) is 4.22. The summed E-state index contributed by atoms with van der Waals surface area (Å²) in [6, 6.07) is 7.21. The molecule has 1 atom stereocenters. The largest absolute Gasteiger partial charge is 0.435 e. The van der Waals surface area contributed by atoms with Crippen molar-refractivity contribution >= 4 is 5.96 Å². The summed E-state index contributed by atoms with van der Waals surface area (Å²) in [4.78, 5) is 6.67. The fourth-order valence-corrected chi connectivity index (χ4v) is 3.00. The molecule has 1 unspecified atom stereocenters. The zero-order valence-corrected chi connectivity index (χ0v) is 14.3. The van der Waals surface area contributed by atoms with E-state index in [0.29, 0.717) is 18.5 Å². The van der Waals surface area contributed by atoms with Crippen molar-refractivity contribution < 1.29 is 13.5 Å². The van der Waals surface area contributed by atoms with E-state index in [1.807, 2.05) is 6.07 Å². The van der Waals surface area contributed by atoms with E-state index in [4.69, 9.17) is 0 Å². The molecule has 1 aromatic rings. The summed E-state index contributed by atoms with van der Waals surface area (Å²) in [6.07, 6.45) is 2.44. The van der Waals surface area contributed by atoms with Crippen molar-refractivity contribution in [2.24, 2.45) is 4.99 Å². The van der Waals surface area contributed by atoms with E-state index in [2.05, 4.69) is 32.2 Å². The summed E-state index contributed by atoms with van der Waals surface area (Å²) in [7, 11) is 1.72. The fourth-order valence-electron chi connectivity index (χ4n) is 3.00. The van der Waals surface area contributed by atoms with Crippen molar-refractivity contribution in [3.05, 3.63) is 29.8 Å². The molecule has 0 radical (unpaired) electrons. The van der Waals surface area contributed by atoms with Crippen LogP contribution in [0.2, 0.25) is 0 Å². The topological polar surface area (TPSA) is 48.9 Å². The Balaban J connectivity index is 1.81. The molecule has 0 saturated carbocycles. The zero-order chi connectivity index (χ0) is 17.4. The Bertz CT molecular complexity index is 539. The molecule has 1 heterocycles. The van der Waals surface area contributed by atoms with Crippen LogP contribution in [0.4, 0.5) is 8.78 Å². The van der Waals surface area contributed by atoms with E-state index >= 15 is 0 Å². The number of hydrogen-bond donors (Lipinski definition) is 2. The van der Waals surface area contributed by atoms with E-state index in [-0.39, 0.29) is 5.75 Å². The van der Waals surface area contributed by atoms with Crippen LogP contribution in [-0.4, -0.2) is 50.2 Å². The highest BCUT2D eigenvalue weighted by Gasteiger charge is 2.22. The van der Waals surface area contributed by atoms with Crippen molar-refractivity contribution in [1.82, 2.24) is 15.5 Å². The lowest BCUT2D eigenvalue weighted by atomic mass is 10.2. The van der Waals surface area contributed by atoms with Gasteiger partial charge in [0, 0.05) is 26.2 Å². The van der Waals surface area contributed by atoms with Gasteiger partial charge in [0.1, 0.15) is 5.75 Å². The van der Waals surface area contributed by atoms with Crippen molar-refractivity contribution in [3.63, 3.8) is 0 Å². The van der Waals surface area contributed by atoms with Gasteiger partial charge in [0.05, 0.1) is 0 Å². The second kappa shape index (κ2) is 9.42. The fraction of sp³-hybridized carbons (Fsp3) is 0.588. The summed E-state index contributed by atoms with van der Waals surface area (Å²) in [5, 5.41) is 6.54. The second-order valence-corrected chi connectivity index (χ2v) is 5.76. The lowest BCUT2D eigenvalue weighted by molar-refractivity contribution is -0.0498. The first kappa shape index (κ1) is 18.4. The quantitative estimate of drug-likeness (QED) is 0.591. The first-order chi connectivity index (χ1) is 11.6. The SMILES string of the molecule is CCN1CCCC1CNC(=NC)NCc1cccc(OC(F)F)c1. The molecule has 5 nitrogen and oxygen atoms in total. The molecular formula is C17H26F2N4O. The maximum absolute atomic E-state index is 12.3. The van der Waals surface area contributed by atoms with E-state index < -0.39 is 6.61 Å². The molecular weight excluding hydrogens is 314 g/mol. The van der Waals surface area contributed by atoms with Crippen LogP contribution in [0.1, 0.15) is 25.3 Å². The standard InChI is InChI=1S/C17H26F2N4O/c1-3-23-9-5-7-14(23)12-22-17(20-2)21-11-13-6-4-8-15(10-13)24-16(18)19/h4,6,8,10,14,16H,3,5,7,9,11-12H2,1-2H3,(H2,20,21,22). The van der Waals surface area contributed by atoms with E-state index in [9.17, 15) is 8.78 Å². The molecule has 0 amide bonds. The lowest BCUT2D eigenvalue weighted by Crippen LogP contribution is -2.44. The summed E-state index contributed by atoms with van der Waals surface area (Å²) in [5.74, 6) is 0.870. The minimum Gasteiger partial charge on any atom is -0.435 e. The Labute approximate surface area is 142 Å². The molecule has 0 bridgehead atoms. The molecule has 1 aliphatic rings. The van der Waals surface area contributed by atoms with Gasteiger partial charge in [-0.25, -0.2) is 0 Å². The van der Waals surface area contributed by atoms with E-state index in [1.165, 1.54) is 18.9 Å². The number of guanidine groups is 1. The zero-order valence-electron chi connectivity index (χ0n) is 14.3. The Morgan fingerprint density at radius 3 is 2.96 bits per heavy atom. The van der Waals surface area contributed by atoms with Gasteiger partial charge in [-0.2, -0.15) is 8.78 Å². The molecule has 0 aromatic heterocycles. The Morgan fingerprint density at radius 2 is 2.25 bits per heavy atom. The van der Waals surface area contributed by atoms with Gasteiger partial charge in [-0.05, 0) is 43.6 Å². The van der Waals surface area contributed by atoms with Gasteiger partial charge in [-0.3, -0.25) is 9.89 Å². The van der Waals surface area contributed by atoms with Crippen LogP contribution >= 0.6 is 0 Å². The third-order valence-corrected chi connectivity index (χ3v) is 4.22. The first-order valence-corrected chi connectivity index (χ1v) is 8.34. The summed E-state index contributed by atoms with van der Waals surface area (Å²) in [5.41, 5.74) is 0.854. The average molecular weight is 340 g/mol. The predicted octanol–water partition coefficient (Wildman–Crippen LogP) is 2.44. The monoisotopic (exact) mass is 340 g/mol. The van der Waals surface area contributed by atoms with Crippen molar-refractivity contribution in [3.8, 4) is 5.75 Å². The third kappa shape index (κ3) is 5.63. The molecule has 7 heteroatoms. The van der Waals surface area contributed by atoms with Gasteiger partial charge < -0.3 is 15.4 Å². The molecule has 24 heavy (non-hydrogen) atoms. The maximum atomic E-state index is 12.3. The molecule has 2 N–H and O–H groups in total. The van der Waals surface area contributed by atoms with Crippen LogP contribution in [0, 0.1) is 0 Å². The number of alkyl halides is 2. The molecule has 2 rings (SSSR count). The first-order valence-electron chi connectivity index (χ1n) is 8.34. The molecule has 134 valence electrons. The van der Waals surface area contributed by atoms with Crippen molar-refractivity contribution in [2.45, 2.75) is 39.0 Å². The van der Waals surface area contributed by atoms with Crippen LogP contribution in [0.25, 0.3) is 0 Å². The number of likely N-dealkylation sites (N-methyl/N-ethyl adjacent to an activating group) is 1. The highest BCUT2D eigenvalue weighted by Crippen LogP contribution is 2.16. The van der Waals surface area contributed by atoms with Crippen LogP contribution in [0.3, 0.4) is 0 Å². The molecule has 0 aliphatic carbocycles. The van der Waals surface area contributed by atoms with Gasteiger partial charge >= 0.3 is 6.61 Å². The van der Waals surface area contributed by atoms with Gasteiger partial charge in [0.2, 0.25) is 0 Å². The van der Waals surface area contributed by atoms with Gasteiger partial charge in [0.15, 0.2) is 5.96 Å². The Morgan fingerprint density at radius 1 is 1.42 bits per heavy atom. The number of likely N-dealkylation sites (tertiary alicyclic amines) is 1. The number of aliphatic imine (C=N–C) groups is 1. The molecule has 1 fully saturated rings. The van der Waals surface area contributed by atoms with Crippen LogP contribution < -0.4 is 15.4 Å². The van der Waals surface area contributed by atoms with Crippen molar-refractivity contribution in [2.75, 3.05) is 26.7 Å². The minimum atomic E-state index is -2.81. The molecule has 1 aliphatic heterocycles. The maximum Gasteiger partial charge on any atom is 0.387 e. The molecule has 0 spiro atoms. The summed E-state index contributed by atoms with van der Waals surface area (Å²) < 4.78 is 28.9. The smallest absolute Gasteiger partial charge is 0.387 e. The van der Waals surface area contributed by atoms with Gasteiger partial charge in [-0.15, -0.1) is 0 Å². The highest BCUT2D eigenvalue weighted by atomic mass is 19.3. The average Bonchev–Trinajstić information content (AvgIpc) is 3.02. The number of ether oxygens (including phenoxy) is 1. The lowest BCUT2D eigenvalue weighted by Gasteiger charge is -2.24. The summed E-state index contributed by atoms with van der Waals surface area (Å²) >= 11 is 0. The minimum absolute atomic E-state index is 0.164.